The number of halogens is 2. The molecule has 3 heterocycles. The summed E-state index contributed by atoms with van der Waals surface area (Å²) in [4.78, 5) is 36.1. The van der Waals surface area contributed by atoms with Gasteiger partial charge in [-0.2, -0.15) is 0 Å². The van der Waals surface area contributed by atoms with E-state index in [2.05, 4.69) is 57.8 Å². The lowest BCUT2D eigenvalue weighted by Crippen LogP contribution is -2.59. The maximum absolute atomic E-state index is 13.3. The van der Waals surface area contributed by atoms with Crippen molar-refractivity contribution in [2.45, 2.75) is 58.2 Å². The first-order valence-corrected chi connectivity index (χ1v) is 13.6. The summed E-state index contributed by atoms with van der Waals surface area (Å²) in [6.45, 7) is 8.93. The Morgan fingerprint density at radius 1 is 1.06 bits per heavy atom. The lowest BCUT2D eigenvalue weighted by Gasteiger charge is -2.47. The van der Waals surface area contributed by atoms with E-state index in [0.29, 0.717) is 23.9 Å². The summed E-state index contributed by atoms with van der Waals surface area (Å²) < 4.78 is 0.946. The zero-order valence-corrected chi connectivity index (χ0v) is 23.0. The number of rotatable bonds is 5. The van der Waals surface area contributed by atoms with Crippen LogP contribution in [-0.2, 0) is 9.59 Å². The number of hydrogen-bond acceptors (Lipinski definition) is 4. The fraction of sp³-hybridized carbons (Fsp3) is 0.519. The number of benzene rings is 1. The second-order valence-electron chi connectivity index (χ2n) is 9.95. The molecule has 2 aliphatic heterocycles. The van der Waals surface area contributed by atoms with E-state index >= 15 is 0 Å². The standard InChI is InChI=1S/C27H34BrClN4O2/c1-18-17-33(27(22-4-7-24(29)8-5-22)25-9-6-23(28)15-30-25)19(2)16-32(18)26(35)14-21-10-12-31(13-11-21)20(3)34/h4-9,15,18-19,21,27H,10-14,16-17H2,1-3H3/t18-,19+,27?/m0/s1. The average molecular weight is 562 g/mol. The summed E-state index contributed by atoms with van der Waals surface area (Å²) in [5.74, 6) is 0.714. The van der Waals surface area contributed by atoms with Gasteiger partial charge < -0.3 is 9.80 Å². The first-order valence-electron chi connectivity index (χ1n) is 12.4. The lowest BCUT2D eigenvalue weighted by molar-refractivity contribution is -0.139. The third-order valence-electron chi connectivity index (χ3n) is 7.43. The fourth-order valence-electron chi connectivity index (χ4n) is 5.40. The van der Waals surface area contributed by atoms with Gasteiger partial charge in [0.2, 0.25) is 11.8 Å². The molecule has 0 spiro atoms. The molecule has 2 amide bonds. The minimum absolute atomic E-state index is 0.0222. The second kappa shape index (κ2) is 11.4. The summed E-state index contributed by atoms with van der Waals surface area (Å²) in [6.07, 6.45) is 4.22. The molecule has 0 aliphatic carbocycles. The average Bonchev–Trinajstić information content (AvgIpc) is 2.83. The molecule has 1 aromatic carbocycles. The first-order chi connectivity index (χ1) is 16.7. The van der Waals surface area contributed by atoms with Gasteiger partial charge in [0.15, 0.2) is 0 Å². The van der Waals surface area contributed by atoms with Crippen LogP contribution in [0.2, 0.25) is 5.02 Å². The van der Waals surface area contributed by atoms with Gasteiger partial charge in [-0.3, -0.25) is 19.5 Å². The molecule has 1 unspecified atom stereocenters. The van der Waals surface area contributed by atoms with E-state index in [9.17, 15) is 9.59 Å². The highest BCUT2D eigenvalue weighted by Crippen LogP contribution is 2.34. The van der Waals surface area contributed by atoms with Crippen molar-refractivity contribution in [3.05, 3.63) is 63.3 Å². The van der Waals surface area contributed by atoms with Gasteiger partial charge in [0.25, 0.3) is 0 Å². The second-order valence-corrected chi connectivity index (χ2v) is 11.3. The van der Waals surface area contributed by atoms with Crippen molar-refractivity contribution in [2.24, 2.45) is 5.92 Å². The zero-order chi connectivity index (χ0) is 25.1. The third kappa shape index (κ3) is 6.25. The van der Waals surface area contributed by atoms with Crippen LogP contribution in [0.15, 0.2) is 47.1 Å². The Morgan fingerprint density at radius 2 is 1.74 bits per heavy atom. The fourth-order valence-corrected chi connectivity index (χ4v) is 5.76. The number of carbonyl (C=O) groups is 2. The molecular formula is C27H34BrClN4O2. The summed E-state index contributed by atoms with van der Waals surface area (Å²) in [6, 6.07) is 12.3. The van der Waals surface area contributed by atoms with Crippen LogP contribution in [0, 0.1) is 5.92 Å². The van der Waals surface area contributed by atoms with Crippen LogP contribution in [0.4, 0.5) is 0 Å². The smallest absolute Gasteiger partial charge is 0.223 e. The van der Waals surface area contributed by atoms with Crippen LogP contribution in [0.3, 0.4) is 0 Å². The molecule has 6 nitrogen and oxygen atoms in total. The quantitative estimate of drug-likeness (QED) is 0.506. The van der Waals surface area contributed by atoms with E-state index < -0.39 is 0 Å². The maximum Gasteiger partial charge on any atom is 0.223 e. The van der Waals surface area contributed by atoms with Crippen LogP contribution < -0.4 is 0 Å². The van der Waals surface area contributed by atoms with Crippen LogP contribution >= 0.6 is 27.5 Å². The van der Waals surface area contributed by atoms with Crippen molar-refractivity contribution >= 4 is 39.3 Å². The van der Waals surface area contributed by atoms with Crippen molar-refractivity contribution < 1.29 is 9.59 Å². The number of piperidine rings is 1. The maximum atomic E-state index is 13.3. The molecule has 0 bridgehead atoms. The highest BCUT2D eigenvalue weighted by molar-refractivity contribution is 9.10. The van der Waals surface area contributed by atoms with Gasteiger partial charge >= 0.3 is 0 Å². The molecule has 0 saturated carbocycles. The van der Waals surface area contributed by atoms with Gasteiger partial charge in [0.05, 0.1) is 11.7 Å². The molecule has 0 N–H and O–H groups in total. The Bertz CT molecular complexity index is 979. The van der Waals surface area contributed by atoms with E-state index in [-0.39, 0.29) is 29.9 Å². The molecular weight excluding hydrogens is 528 g/mol. The number of hydrogen-bond donors (Lipinski definition) is 0. The molecule has 4 rings (SSSR count). The van der Waals surface area contributed by atoms with E-state index in [1.165, 1.54) is 0 Å². The first kappa shape index (κ1) is 26.1. The minimum Gasteiger partial charge on any atom is -0.343 e. The summed E-state index contributed by atoms with van der Waals surface area (Å²) in [5, 5.41) is 0.710. The largest absolute Gasteiger partial charge is 0.343 e. The molecule has 2 fully saturated rings. The van der Waals surface area contributed by atoms with Gasteiger partial charge in [-0.1, -0.05) is 23.7 Å². The molecule has 2 aromatic rings. The Balaban J connectivity index is 1.47. The third-order valence-corrected chi connectivity index (χ3v) is 8.15. The number of carbonyl (C=O) groups excluding carboxylic acids is 2. The van der Waals surface area contributed by atoms with Crippen LogP contribution in [0.1, 0.15) is 57.3 Å². The predicted octanol–water partition coefficient (Wildman–Crippen LogP) is 5.16. The van der Waals surface area contributed by atoms with E-state index in [4.69, 9.17) is 16.6 Å². The summed E-state index contributed by atoms with van der Waals surface area (Å²) in [5.41, 5.74) is 2.12. The highest BCUT2D eigenvalue weighted by Gasteiger charge is 2.37. The Morgan fingerprint density at radius 3 is 2.34 bits per heavy atom. The molecule has 35 heavy (non-hydrogen) atoms. The Kier molecular flexibility index (Phi) is 8.50. The predicted molar refractivity (Wildman–Crippen MR) is 142 cm³/mol. The molecule has 0 radical (unpaired) electrons. The molecule has 8 heteroatoms. The molecule has 2 saturated heterocycles. The van der Waals surface area contributed by atoms with Gasteiger partial charge in [-0.05, 0) is 78.4 Å². The SMILES string of the molecule is CC(=O)N1CCC(CC(=O)N2C[C@@H](C)N(C(c3ccc(Cl)cc3)c3ccc(Br)cn3)C[C@@H]2C)CC1. The number of likely N-dealkylation sites (tertiary alicyclic amines) is 1. The zero-order valence-electron chi connectivity index (χ0n) is 20.7. The van der Waals surface area contributed by atoms with E-state index in [1.54, 1.807) is 6.92 Å². The van der Waals surface area contributed by atoms with E-state index in [0.717, 1.165) is 48.2 Å². The number of pyridine rings is 1. The molecule has 2 aliphatic rings. The monoisotopic (exact) mass is 560 g/mol. The molecule has 3 atom stereocenters. The number of amides is 2. The van der Waals surface area contributed by atoms with Gasteiger partial charge in [-0.15, -0.1) is 0 Å². The van der Waals surface area contributed by atoms with Crippen LogP contribution in [-0.4, -0.2) is 69.8 Å². The van der Waals surface area contributed by atoms with Crippen molar-refractivity contribution in [3.63, 3.8) is 0 Å². The number of nitrogens with zero attached hydrogens (tertiary/aromatic N) is 4. The van der Waals surface area contributed by atoms with Crippen molar-refractivity contribution in [1.29, 1.82) is 0 Å². The minimum atomic E-state index is -0.0222. The van der Waals surface area contributed by atoms with E-state index in [1.807, 2.05) is 29.3 Å². The van der Waals surface area contributed by atoms with Gasteiger partial charge in [0.1, 0.15) is 0 Å². The van der Waals surface area contributed by atoms with Gasteiger partial charge in [-0.25, -0.2) is 0 Å². The van der Waals surface area contributed by atoms with Gasteiger partial charge in [0, 0.05) is 67.3 Å². The molecule has 1 aromatic heterocycles. The Labute approximate surface area is 221 Å². The van der Waals surface area contributed by atoms with Crippen LogP contribution in [0.5, 0.6) is 0 Å². The summed E-state index contributed by atoms with van der Waals surface area (Å²) >= 11 is 9.67. The topological polar surface area (TPSA) is 56.8 Å². The lowest BCUT2D eigenvalue weighted by atomic mass is 9.92. The molecule has 188 valence electrons. The van der Waals surface area contributed by atoms with Crippen molar-refractivity contribution in [1.82, 2.24) is 19.7 Å². The number of aromatic nitrogens is 1. The Hall–Kier alpha value is -1.96. The summed E-state index contributed by atoms with van der Waals surface area (Å²) in [7, 11) is 0. The van der Waals surface area contributed by atoms with Crippen molar-refractivity contribution in [2.75, 3.05) is 26.2 Å². The number of piperazine rings is 1. The highest BCUT2D eigenvalue weighted by atomic mass is 79.9. The van der Waals surface area contributed by atoms with Crippen LogP contribution in [0.25, 0.3) is 0 Å². The normalized spacial score (nSPS) is 22.8. The van der Waals surface area contributed by atoms with Crippen molar-refractivity contribution in [3.8, 4) is 0 Å².